The third kappa shape index (κ3) is 2.98. The minimum atomic E-state index is -0.911. The molecule has 5 heteroatoms. The smallest absolute Gasteiger partial charge is 0.335 e. The average molecular weight is 285 g/mol. The molecular weight excluding hydrogens is 270 g/mol. The standard InChI is InChI=1S/C16H15NO4/c18-16(19)12-6-4-11(5-7-12)8-17-9-13-2-1-3-14-15(13)21-10-20-14/h1-7,17H,8-10H2,(H,18,19). The van der Waals surface area contributed by atoms with Gasteiger partial charge in [0.15, 0.2) is 11.5 Å². The molecule has 2 aromatic rings. The second kappa shape index (κ2) is 5.85. The molecule has 2 N–H and O–H groups in total. The highest BCUT2D eigenvalue weighted by Gasteiger charge is 2.16. The Kier molecular flexibility index (Phi) is 3.75. The predicted octanol–water partition coefficient (Wildman–Crippen LogP) is 2.40. The van der Waals surface area contributed by atoms with Crippen molar-refractivity contribution in [2.45, 2.75) is 13.1 Å². The van der Waals surface area contributed by atoms with E-state index in [4.69, 9.17) is 14.6 Å². The Labute approximate surface area is 122 Å². The molecule has 0 amide bonds. The number of aromatic carboxylic acids is 1. The van der Waals surface area contributed by atoms with Crippen LogP contribution in [0, 0.1) is 0 Å². The van der Waals surface area contributed by atoms with Gasteiger partial charge in [-0.1, -0.05) is 24.3 Å². The van der Waals surface area contributed by atoms with Crippen LogP contribution < -0.4 is 14.8 Å². The van der Waals surface area contributed by atoms with Crippen molar-refractivity contribution in [2.24, 2.45) is 0 Å². The molecular formula is C16H15NO4. The number of hydrogen-bond acceptors (Lipinski definition) is 4. The van der Waals surface area contributed by atoms with Crippen LogP contribution in [-0.2, 0) is 13.1 Å². The van der Waals surface area contributed by atoms with E-state index < -0.39 is 5.97 Å². The molecule has 0 aliphatic carbocycles. The quantitative estimate of drug-likeness (QED) is 0.883. The number of nitrogens with one attached hydrogen (secondary N) is 1. The Bertz CT molecular complexity index is 652. The van der Waals surface area contributed by atoms with E-state index in [0.717, 1.165) is 22.6 Å². The van der Waals surface area contributed by atoms with E-state index in [9.17, 15) is 4.79 Å². The van der Waals surface area contributed by atoms with Gasteiger partial charge in [0.1, 0.15) is 0 Å². The van der Waals surface area contributed by atoms with Crippen LogP contribution in [0.1, 0.15) is 21.5 Å². The summed E-state index contributed by atoms with van der Waals surface area (Å²) in [5, 5.41) is 12.2. The SMILES string of the molecule is O=C(O)c1ccc(CNCc2cccc3c2OCO3)cc1. The molecule has 0 bridgehead atoms. The Balaban J connectivity index is 1.59. The van der Waals surface area contributed by atoms with E-state index in [1.807, 2.05) is 30.3 Å². The first kappa shape index (κ1) is 13.5. The molecule has 3 rings (SSSR count). The van der Waals surface area contributed by atoms with E-state index in [1.165, 1.54) is 0 Å². The molecule has 1 aliphatic heterocycles. The van der Waals surface area contributed by atoms with Crippen molar-refractivity contribution >= 4 is 5.97 Å². The topological polar surface area (TPSA) is 67.8 Å². The highest BCUT2D eigenvalue weighted by Crippen LogP contribution is 2.35. The number of ether oxygens (including phenoxy) is 2. The average Bonchev–Trinajstić information content (AvgIpc) is 2.97. The molecule has 0 fully saturated rings. The molecule has 1 heterocycles. The number of carboxylic acids is 1. The lowest BCUT2D eigenvalue weighted by Gasteiger charge is -2.08. The van der Waals surface area contributed by atoms with Crippen LogP contribution in [0.2, 0.25) is 0 Å². The van der Waals surface area contributed by atoms with E-state index in [1.54, 1.807) is 12.1 Å². The largest absolute Gasteiger partial charge is 0.478 e. The Morgan fingerprint density at radius 3 is 2.67 bits per heavy atom. The normalized spacial score (nSPS) is 12.4. The van der Waals surface area contributed by atoms with Crippen LogP contribution in [0.15, 0.2) is 42.5 Å². The first-order valence-corrected chi connectivity index (χ1v) is 6.64. The van der Waals surface area contributed by atoms with Gasteiger partial charge in [-0.25, -0.2) is 4.79 Å². The maximum atomic E-state index is 10.8. The number of benzene rings is 2. The molecule has 2 aromatic carbocycles. The molecule has 21 heavy (non-hydrogen) atoms. The molecule has 0 atom stereocenters. The fourth-order valence-corrected chi connectivity index (χ4v) is 2.24. The summed E-state index contributed by atoms with van der Waals surface area (Å²) in [4.78, 5) is 10.8. The van der Waals surface area contributed by atoms with Gasteiger partial charge in [0, 0.05) is 18.7 Å². The summed E-state index contributed by atoms with van der Waals surface area (Å²) < 4.78 is 10.8. The zero-order chi connectivity index (χ0) is 14.7. The zero-order valence-corrected chi connectivity index (χ0v) is 11.3. The van der Waals surface area contributed by atoms with Crippen molar-refractivity contribution in [1.82, 2.24) is 5.32 Å². The van der Waals surface area contributed by atoms with Crippen molar-refractivity contribution in [3.63, 3.8) is 0 Å². The third-order valence-electron chi connectivity index (χ3n) is 3.32. The van der Waals surface area contributed by atoms with Crippen LogP contribution in [0.5, 0.6) is 11.5 Å². The van der Waals surface area contributed by atoms with Gasteiger partial charge in [0.25, 0.3) is 0 Å². The minimum absolute atomic E-state index is 0.267. The molecule has 5 nitrogen and oxygen atoms in total. The summed E-state index contributed by atoms with van der Waals surface area (Å²) >= 11 is 0. The molecule has 0 aromatic heterocycles. The molecule has 0 saturated heterocycles. The molecule has 0 saturated carbocycles. The second-order valence-corrected chi connectivity index (χ2v) is 4.76. The summed E-state index contributed by atoms with van der Waals surface area (Å²) in [5.41, 5.74) is 2.38. The van der Waals surface area contributed by atoms with Crippen LogP contribution in [0.4, 0.5) is 0 Å². The number of hydrogen-bond donors (Lipinski definition) is 2. The summed E-state index contributed by atoms with van der Waals surface area (Å²) in [6.45, 7) is 1.58. The highest BCUT2D eigenvalue weighted by atomic mass is 16.7. The van der Waals surface area contributed by atoms with E-state index in [2.05, 4.69) is 5.32 Å². The van der Waals surface area contributed by atoms with E-state index in [0.29, 0.717) is 18.7 Å². The lowest BCUT2D eigenvalue weighted by Crippen LogP contribution is -2.13. The highest BCUT2D eigenvalue weighted by molar-refractivity contribution is 5.87. The van der Waals surface area contributed by atoms with Gasteiger partial charge in [-0.05, 0) is 23.8 Å². The maximum absolute atomic E-state index is 10.8. The zero-order valence-electron chi connectivity index (χ0n) is 11.3. The van der Waals surface area contributed by atoms with E-state index >= 15 is 0 Å². The Hall–Kier alpha value is -2.53. The summed E-state index contributed by atoms with van der Waals surface area (Å²) in [7, 11) is 0. The van der Waals surface area contributed by atoms with Crippen molar-refractivity contribution in [3.8, 4) is 11.5 Å². The monoisotopic (exact) mass is 285 g/mol. The van der Waals surface area contributed by atoms with Crippen molar-refractivity contribution in [2.75, 3.05) is 6.79 Å². The minimum Gasteiger partial charge on any atom is -0.478 e. The molecule has 0 radical (unpaired) electrons. The number of para-hydroxylation sites is 1. The summed E-state index contributed by atoms with van der Waals surface area (Å²) in [6.07, 6.45) is 0. The first-order valence-electron chi connectivity index (χ1n) is 6.64. The van der Waals surface area contributed by atoms with Crippen LogP contribution in [0.25, 0.3) is 0 Å². The van der Waals surface area contributed by atoms with Gasteiger partial charge >= 0.3 is 5.97 Å². The molecule has 1 aliphatic rings. The lowest BCUT2D eigenvalue weighted by atomic mass is 10.1. The molecule has 0 unspecified atom stereocenters. The lowest BCUT2D eigenvalue weighted by molar-refractivity contribution is 0.0697. The van der Waals surface area contributed by atoms with Crippen molar-refractivity contribution in [1.29, 1.82) is 0 Å². The van der Waals surface area contributed by atoms with Crippen molar-refractivity contribution in [3.05, 3.63) is 59.2 Å². The number of fused-ring (bicyclic) bond motifs is 1. The fourth-order valence-electron chi connectivity index (χ4n) is 2.24. The maximum Gasteiger partial charge on any atom is 0.335 e. The van der Waals surface area contributed by atoms with Gasteiger partial charge in [-0.15, -0.1) is 0 Å². The summed E-state index contributed by atoms with van der Waals surface area (Å²) in [5.74, 6) is 0.665. The number of rotatable bonds is 5. The van der Waals surface area contributed by atoms with Crippen LogP contribution in [-0.4, -0.2) is 17.9 Å². The van der Waals surface area contributed by atoms with Gasteiger partial charge < -0.3 is 19.9 Å². The van der Waals surface area contributed by atoms with Crippen LogP contribution in [0.3, 0.4) is 0 Å². The first-order chi connectivity index (χ1) is 10.2. The molecule has 0 spiro atoms. The van der Waals surface area contributed by atoms with Gasteiger partial charge in [0.05, 0.1) is 5.56 Å². The summed E-state index contributed by atoms with van der Waals surface area (Å²) in [6, 6.07) is 12.7. The Morgan fingerprint density at radius 1 is 1.10 bits per heavy atom. The Morgan fingerprint density at radius 2 is 1.90 bits per heavy atom. The second-order valence-electron chi connectivity index (χ2n) is 4.76. The van der Waals surface area contributed by atoms with Gasteiger partial charge in [-0.2, -0.15) is 0 Å². The predicted molar refractivity (Wildman–Crippen MR) is 76.5 cm³/mol. The van der Waals surface area contributed by atoms with E-state index in [-0.39, 0.29) is 6.79 Å². The fraction of sp³-hybridized carbons (Fsp3) is 0.188. The number of carbonyl (C=O) groups is 1. The van der Waals surface area contributed by atoms with Crippen molar-refractivity contribution < 1.29 is 19.4 Å². The third-order valence-corrected chi connectivity index (χ3v) is 3.32. The van der Waals surface area contributed by atoms with Gasteiger partial charge in [0.2, 0.25) is 6.79 Å². The van der Waals surface area contributed by atoms with Crippen LogP contribution >= 0.6 is 0 Å². The van der Waals surface area contributed by atoms with Gasteiger partial charge in [-0.3, -0.25) is 0 Å². The molecule has 108 valence electrons. The number of carboxylic acid groups (broad SMARTS) is 1.